The van der Waals surface area contributed by atoms with E-state index in [1.54, 1.807) is 18.2 Å². The highest BCUT2D eigenvalue weighted by Crippen LogP contribution is 2.34. The first-order valence-corrected chi connectivity index (χ1v) is 12.3. The molecule has 0 atom stereocenters. The number of methoxy groups -OCH3 is 1. The minimum Gasteiger partial charge on any atom is -0.497 e. The summed E-state index contributed by atoms with van der Waals surface area (Å²) < 4.78 is 108. The van der Waals surface area contributed by atoms with E-state index in [1.807, 2.05) is 0 Å². The highest BCUT2D eigenvalue weighted by Gasteiger charge is 2.34. The van der Waals surface area contributed by atoms with Crippen LogP contribution in [0.15, 0.2) is 84.9 Å². The van der Waals surface area contributed by atoms with Crippen LogP contribution in [0.2, 0.25) is 0 Å². The molecule has 0 N–H and O–H groups in total. The number of benzene rings is 3. The van der Waals surface area contributed by atoms with E-state index in [-0.39, 0.29) is 28.6 Å². The van der Waals surface area contributed by atoms with Crippen LogP contribution in [0.3, 0.4) is 0 Å². The SMILES string of the molecule is COc1cccc(-c2cc(C(F)(F)F)nc(-n3nc(-c4ccc(OC(F)F)cc4)cc3-c3ccc(OC(F)F)cc3)n2)c1. The van der Waals surface area contributed by atoms with Gasteiger partial charge >= 0.3 is 19.4 Å². The van der Waals surface area contributed by atoms with E-state index >= 15 is 0 Å². The van der Waals surface area contributed by atoms with Crippen molar-refractivity contribution in [2.75, 3.05) is 7.11 Å². The predicted octanol–water partition coefficient (Wildman–Crippen LogP) is 7.89. The molecule has 14 heteroatoms. The summed E-state index contributed by atoms with van der Waals surface area (Å²) in [6, 6.07) is 19.3. The molecule has 5 rings (SSSR count). The van der Waals surface area contributed by atoms with Gasteiger partial charge in [-0.3, -0.25) is 0 Å². The molecule has 0 aliphatic rings. The minimum atomic E-state index is -4.85. The van der Waals surface area contributed by atoms with Gasteiger partial charge in [0.1, 0.15) is 17.2 Å². The van der Waals surface area contributed by atoms with Crippen molar-refractivity contribution in [3.05, 3.63) is 90.6 Å². The maximum Gasteiger partial charge on any atom is 0.433 e. The smallest absolute Gasteiger partial charge is 0.433 e. The summed E-state index contributed by atoms with van der Waals surface area (Å²) in [6.07, 6.45) is -4.85. The quantitative estimate of drug-likeness (QED) is 0.159. The van der Waals surface area contributed by atoms with Gasteiger partial charge in [0.2, 0.25) is 0 Å². The van der Waals surface area contributed by atoms with Crippen LogP contribution in [-0.2, 0) is 6.18 Å². The first kappa shape index (κ1) is 29.4. The number of rotatable bonds is 9. The lowest BCUT2D eigenvalue weighted by Crippen LogP contribution is -2.14. The fraction of sp³-hybridized carbons (Fsp3) is 0.138. The molecule has 3 aromatic carbocycles. The van der Waals surface area contributed by atoms with E-state index in [0.29, 0.717) is 22.4 Å². The summed E-state index contributed by atoms with van der Waals surface area (Å²) in [6.45, 7) is -6.10. The normalized spacial score (nSPS) is 11.7. The molecule has 2 aromatic heterocycles. The highest BCUT2D eigenvalue weighted by atomic mass is 19.4. The van der Waals surface area contributed by atoms with Gasteiger partial charge in [0, 0.05) is 16.7 Å². The molecule has 0 amide bonds. The molecular weight excluding hydrogens is 585 g/mol. The standard InChI is InChI=1S/C29H19F7N4O3/c1-41-21-4-2-3-18(13-21)22-15-25(29(34,35)36)38-28(37-22)40-24(17-7-11-20(12-8-17)43-27(32)33)14-23(39-40)16-5-9-19(10-6-16)42-26(30)31/h2-15,26-27H,1H3. The molecule has 0 saturated heterocycles. The molecule has 0 saturated carbocycles. The zero-order chi connectivity index (χ0) is 30.7. The molecule has 0 aliphatic carbocycles. The van der Waals surface area contributed by atoms with Gasteiger partial charge in [0.25, 0.3) is 5.95 Å². The van der Waals surface area contributed by atoms with Crippen LogP contribution < -0.4 is 14.2 Å². The van der Waals surface area contributed by atoms with Crippen LogP contribution in [0.1, 0.15) is 5.69 Å². The third kappa shape index (κ3) is 6.85. The van der Waals surface area contributed by atoms with Gasteiger partial charge in [-0.15, -0.1) is 0 Å². The second-order valence-electron chi connectivity index (χ2n) is 8.80. The average Bonchev–Trinajstić information content (AvgIpc) is 3.42. The summed E-state index contributed by atoms with van der Waals surface area (Å²) >= 11 is 0. The summed E-state index contributed by atoms with van der Waals surface area (Å²) in [5, 5.41) is 4.44. The molecule has 0 fully saturated rings. The number of aromatic nitrogens is 4. The fourth-order valence-corrected chi connectivity index (χ4v) is 4.10. The monoisotopic (exact) mass is 604 g/mol. The number of hydrogen-bond donors (Lipinski definition) is 0. The Kier molecular flexibility index (Phi) is 8.19. The van der Waals surface area contributed by atoms with Crippen LogP contribution in [0, 0.1) is 0 Å². The van der Waals surface area contributed by atoms with E-state index < -0.39 is 31.0 Å². The summed E-state index contributed by atoms with van der Waals surface area (Å²) in [5.41, 5.74) is 0.158. The maximum atomic E-state index is 14.0. The highest BCUT2D eigenvalue weighted by molar-refractivity contribution is 5.71. The molecule has 0 spiro atoms. The Hall–Kier alpha value is -5.14. The second kappa shape index (κ2) is 12.0. The first-order valence-electron chi connectivity index (χ1n) is 12.3. The van der Waals surface area contributed by atoms with Crippen molar-refractivity contribution in [2.24, 2.45) is 0 Å². The maximum absolute atomic E-state index is 14.0. The Labute approximate surface area is 239 Å². The Morgan fingerprint density at radius 1 is 0.651 bits per heavy atom. The molecule has 2 heterocycles. The average molecular weight is 604 g/mol. The van der Waals surface area contributed by atoms with Crippen molar-refractivity contribution >= 4 is 0 Å². The molecule has 0 radical (unpaired) electrons. The lowest BCUT2D eigenvalue weighted by Gasteiger charge is -2.13. The topological polar surface area (TPSA) is 71.3 Å². The Bertz CT molecular complexity index is 1710. The molecule has 0 bridgehead atoms. The van der Waals surface area contributed by atoms with Crippen LogP contribution >= 0.6 is 0 Å². The van der Waals surface area contributed by atoms with Gasteiger partial charge in [-0.1, -0.05) is 12.1 Å². The molecule has 5 aromatic rings. The van der Waals surface area contributed by atoms with E-state index in [1.165, 1.54) is 67.8 Å². The minimum absolute atomic E-state index is 0.0755. The van der Waals surface area contributed by atoms with Crippen LogP contribution in [0.4, 0.5) is 30.7 Å². The Balaban J connectivity index is 1.68. The van der Waals surface area contributed by atoms with Crippen LogP contribution in [0.25, 0.3) is 39.7 Å². The zero-order valence-electron chi connectivity index (χ0n) is 21.9. The van der Waals surface area contributed by atoms with Gasteiger partial charge in [-0.05, 0) is 72.8 Å². The van der Waals surface area contributed by atoms with Gasteiger partial charge in [0.05, 0.1) is 24.2 Å². The van der Waals surface area contributed by atoms with E-state index in [9.17, 15) is 30.7 Å². The van der Waals surface area contributed by atoms with Crippen LogP contribution in [0.5, 0.6) is 17.2 Å². The molecule has 222 valence electrons. The lowest BCUT2D eigenvalue weighted by molar-refractivity contribution is -0.141. The molecule has 43 heavy (non-hydrogen) atoms. The van der Waals surface area contributed by atoms with Gasteiger partial charge in [-0.2, -0.15) is 40.5 Å². The summed E-state index contributed by atoms with van der Waals surface area (Å²) in [4.78, 5) is 8.11. The fourth-order valence-electron chi connectivity index (χ4n) is 4.10. The second-order valence-corrected chi connectivity index (χ2v) is 8.80. The van der Waals surface area contributed by atoms with Crippen molar-refractivity contribution in [1.82, 2.24) is 19.7 Å². The molecule has 0 aliphatic heterocycles. The predicted molar refractivity (Wildman–Crippen MR) is 140 cm³/mol. The molecular formula is C29H19F7N4O3. The van der Waals surface area contributed by atoms with Gasteiger partial charge in [0.15, 0.2) is 5.69 Å². The van der Waals surface area contributed by atoms with E-state index in [4.69, 9.17) is 4.74 Å². The van der Waals surface area contributed by atoms with Crippen molar-refractivity contribution in [2.45, 2.75) is 19.4 Å². The van der Waals surface area contributed by atoms with E-state index in [0.717, 1.165) is 10.7 Å². The molecule has 7 nitrogen and oxygen atoms in total. The number of nitrogens with zero attached hydrogens (tertiary/aromatic N) is 4. The Morgan fingerprint density at radius 2 is 1.26 bits per heavy atom. The largest absolute Gasteiger partial charge is 0.497 e. The third-order valence-corrected chi connectivity index (χ3v) is 6.02. The zero-order valence-corrected chi connectivity index (χ0v) is 21.9. The lowest BCUT2D eigenvalue weighted by atomic mass is 10.1. The van der Waals surface area contributed by atoms with Crippen molar-refractivity contribution in [1.29, 1.82) is 0 Å². The summed E-state index contributed by atoms with van der Waals surface area (Å²) in [5.74, 6) is -0.314. The molecule has 0 unspecified atom stereocenters. The van der Waals surface area contributed by atoms with Crippen molar-refractivity contribution in [3.63, 3.8) is 0 Å². The van der Waals surface area contributed by atoms with Crippen LogP contribution in [-0.4, -0.2) is 40.1 Å². The number of hydrogen-bond acceptors (Lipinski definition) is 6. The van der Waals surface area contributed by atoms with Crippen molar-refractivity contribution in [3.8, 4) is 57.0 Å². The van der Waals surface area contributed by atoms with E-state index in [2.05, 4.69) is 24.5 Å². The number of ether oxygens (including phenoxy) is 3. The number of halogens is 7. The third-order valence-electron chi connectivity index (χ3n) is 6.02. The van der Waals surface area contributed by atoms with Crippen molar-refractivity contribution < 1.29 is 44.9 Å². The Morgan fingerprint density at radius 3 is 1.81 bits per heavy atom. The summed E-state index contributed by atoms with van der Waals surface area (Å²) in [7, 11) is 1.41. The first-order chi connectivity index (χ1) is 20.5. The van der Waals surface area contributed by atoms with Gasteiger partial charge in [-0.25, -0.2) is 9.97 Å². The van der Waals surface area contributed by atoms with Gasteiger partial charge < -0.3 is 14.2 Å². The number of alkyl halides is 7.